The van der Waals surface area contributed by atoms with Crippen LogP contribution in [0.4, 0.5) is 4.79 Å². The van der Waals surface area contributed by atoms with Crippen LogP contribution in [0.5, 0.6) is 0 Å². The van der Waals surface area contributed by atoms with Crippen molar-refractivity contribution in [1.29, 1.82) is 0 Å². The molecule has 0 bridgehead atoms. The van der Waals surface area contributed by atoms with Crippen molar-refractivity contribution in [2.45, 2.75) is 13.2 Å². The number of nitrogens with zero attached hydrogens (tertiary/aromatic N) is 2. The number of rotatable bonds is 5. The van der Waals surface area contributed by atoms with Gasteiger partial charge in [0.15, 0.2) is 0 Å². The molecular formula is C17H15N3O3. The number of ether oxygens (including phenoxy) is 1. The van der Waals surface area contributed by atoms with E-state index in [1.54, 1.807) is 43.2 Å². The third-order valence-corrected chi connectivity index (χ3v) is 3.16. The Morgan fingerprint density at radius 3 is 2.78 bits per heavy atom. The molecule has 0 unspecified atom stereocenters. The van der Waals surface area contributed by atoms with Crippen molar-refractivity contribution in [2.24, 2.45) is 0 Å². The van der Waals surface area contributed by atoms with E-state index >= 15 is 0 Å². The van der Waals surface area contributed by atoms with Gasteiger partial charge in [-0.05, 0) is 41.5 Å². The number of amides is 1. The Morgan fingerprint density at radius 2 is 2.00 bits per heavy atom. The predicted octanol–water partition coefficient (Wildman–Crippen LogP) is 3.16. The van der Waals surface area contributed by atoms with E-state index in [9.17, 15) is 4.79 Å². The number of pyridine rings is 2. The molecule has 1 N–H and O–H groups in total. The minimum Gasteiger partial charge on any atom is -0.464 e. The van der Waals surface area contributed by atoms with E-state index in [0.717, 1.165) is 22.5 Å². The zero-order valence-corrected chi connectivity index (χ0v) is 12.3. The molecule has 116 valence electrons. The van der Waals surface area contributed by atoms with Crippen LogP contribution in [0.3, 0.4) is 0 Å². The average Bonchev–Trinajstić information content (AvgIpc) is 3.14. The molecule has 23 heavy (non-hydrogen) atoms. The minimum atomic E-state index is -0.481. The molecular weight excluding hydrogens is 294 g/mol. The lowest BCUT2D eigenvalue weighted by Gasteiger charge is -2.07. The van der Waals surface area contributed by atoms with E-state index in [1.165, 1.54) is 0 Å². The van der Waals surface area contributed by atoms with Crippen LogP contribution in [0.2, 0.25) is 0 Å². The molecule has 3 aromatic rings. The predicted molar refractivity (Wildman–Crippen MR) is 83.2 cm³/mol. The molecule has 0 atom stereocenters. The van der Waals surface area contributed by atoms with Crippen molar-refractivity contribution in [1.82, 2.24) is 15.3 Å². The Morgan fingerprint density at radius 1 is 1.13 bits per heavy atom. The third-order valence-electron chi connectivity index (χ3n) is 3.16. The maximum Gasteiger partial charge on any atom is 0.407 e. The highest BCUT2D eigenvalue weighted by Crippen LogP contribution is 2.19. The number of hydrogen-bond donors (Lipinski definition) is 1. The molecule has 0 aromatic carbocycles. The van der Waals surface area contributed by atoms with E-state index in [0.29, 0.717) is 6.54 Å². The molecule has 0 aliphatic carbocycles. The quantitative estimate of drug-likeness (QED) is 0.783. The van der Waals surface area contributed by atoms with Crippen LogP contribution in [0, 0.1) is 0 Å². The second kappa shape index (κ2) is 7.22. The molecule has 6 heteroatoms. The van der Waals surface area contributed by atoms with Crippen molar-refractivity contribution in [3.05, 3.63) is 72.5 Å². The number of furan rings is 1. The maximum atomic E-state index is 11.7. The number of nitrogens with one attached hydrogen (secondary N) is 1. The normalized spacial score (nSPS) is 10.3. The number of carbonyl (C=O) groups excluding carboxylic acids is 1. The standard InChI is InChI=1S/C17H15N3O3/c21-17(23-12-13-3-5-18-6-4-13)20-10-14-8-15(11-19-9-14)16-2-1-7-22-16/h1-9,11H,10,12H2,(H,20,21). The Hall–Kier alpha value is -3.15. The summed E-state index contributed by atoms with van der Waals surface area (Å²) >= 11 is 0. The lowest BCUT2D eigenvalue weighted by atomic mass is 10.1. The number of aromatic nitrogens is 2. The van der Waals surface area contributed by atoms with Crippen molar-refractivity contribution in [2.75, 3.05) is 0 Å². The van der Waals surface area contributed by atoms with Gasteiger partial charge in [0.1, 0.15) is 12.4 Å². The van der Waals surface area contributed by atoms with Crippen LogP contribution < -0.4 is 5.32 Å². The molecule has 6 nitrogen and oxygen atoms in total. The van der Waals surface area contributed by atoms with E-state index in [1.807, 2.05) is 18.2 Å². The number of carbonyl (C=O) groups is 1. The zero-order valence-electron chi connectivity index (χ0n) is 12.3. The Kier molecular flexibility index (Phi) is 4.63. The fourth-order valence-electron chi connectivity index (χ4n) is 2.01. The van der Waals surface area contributed by atoms with Crippen LogP contribution in [-0.2, 0) is 17.9 Å². The SMILES string of the molecule is O=C(NCc1cncc(-c2ccco2)c1)OCc1ccncc1. The largest absolute Gasteiger partial charge is 0.464 e. The van der Waals surface area contributed by atoms with Crippen molar-refractivity contribution in [3.63, 3.8) is 0 Å². The third kappa shape index (κ3) is 4.16. The molecule has 3 rings (SSSR count). The summed E-state index contributed by atoms with van der Waals surface area (Å²) in [5.41, 5.74) is 2.61. The number of alkyl carbamates (subject to hydrolysis) is 1. The molecule has 0 saturated heterocycles. The Labute approximate surface area is 133 Å². The van der Waals surface area contributed by atoms with Crippen molar-refractivity contribution >= 4 is 6.09 Å². The zero-order chi connectivity index (χ0) is 15.9. The van der Waals surface area contributed by atoms with Gasteiger partial charge < -0.3 is 14.5 Å². The topological polar surface area (TPSA) is 77.2 Å². The van der Waals surface area contributed by atoms with E-state index < -0.39 is 6.09 Å². The maximum absolute atomic E-state index is 11.7. The fraction of sp³-hybridized carbons (Fsp3) is 0.118. The summed E-state index contributed by atoms with van der Waals surface area (Å²) in [5, 5.41) is 2.69. The first kappa shape index (κ1) is 14.8. The first-order chi connectivity index (χ1) is 11.3. The van der Waals surface area contributed by atoms with Crippen LogP contribution in [0.1, 0.15) is 11.1 Å². The molecule has 0 fully saturated rings. The average molecular weight is 309 g/mol. The smallest absolute Gasteiger partial charge is 0.407 e. The van der Waals surface area contributed by atoms with Crippen LogP contribution in [0.25, 0.3) is 11.3 Å². The van der Waals surface area contributed by atoms with Gasteiger partial charge in [0, 0.05) is 36.9 Å². The van der Waals surface area contributed by atoms with E-state index in [2.05, 4.69) is 15.3 Å². The van der Waals surface area contributed by atoms with Gasteiger partial charge in [-0.3, -0.25) is 9.97 Å². The molecule has 0 aliphatic rings. The van der Waals surface area contributed by atoms with Crippen molar-refractivity contribution < 1.29 is 13.9 Å². The van der Waals surface area contributed by atoms with Gasteiger partial charge in [0.05, 0.1) is 6.26 Å². The van der Waals surface area contributed by atoms with Crippen LogP contribution >= 0.6 is 0 Å². The molecule has 3 heterocycles. The Bertz CT molecular complexity index is 758. The summed E-state index contributed by atoms with van der Waals surface area (Å²) in [5.74, 6) is 0.736. The van der Waals surface area contributed by atoms with Gasteiger partial charge in [0.25, 0.3) is 0 Å². The summed E-state index contributed by atoms with van der Waals surface area (Å²) < 4.78 is 10.5. The molecule has 0 saturated carbocycles. The lowest BCUT2D eigenvalue weighted by Crippen LogP contribution is -2.23. The number of hydrogen-bond acceptors (Lipinski definition) is 5. The Balaban J connectivity index is 1.52. The summed E-state index contributed by atoms with van der Waals surface area (Å²) in [7, 11) is 0. The first-order valence-electron chi connectivity index (χ1n) is 7.08. The van der Waals surface area contributed by atoms with Crippen LogP contribution in [-0.4, -0.2) is 16.1 Å². The lowest BCUT2D eigenvalue weighted by molar-refractivity contribution is 0.139. The highest BCUT2D eigenvalue weighted by Gasteiger charge is 2.05. The monoisotopic (exact) mass is 309 g/mol. The summed E-state index contributed by atoms with van der Waals surface area (Å²) in [6, 6.07) is 9.18. The van der Waals surface area contributed by atoms with Gasteiger partial charge in [-0.2, -0.15) is 0 Å². The summed E-state index contributed by atoms with van der Waals surface area (Å²) in [6.45, 7) is 0.537. The highest BCUT2D eigenvalue weighted by atomic mass is 16.5. The molecule has 3 aromatic heterocycles. The fourth-order valence-corrected chi connectivity index (χ4v) is 2.01. The molecule has 0 aliphatic heterocycles. The van der Waals surface area contributed by atoms with Crippen molar-refractivity contribution in [3.8, 4) is 11.3 Å². The molecule has 1 amide bonds. The summed E-state index contributed by atoms with van der Waals surface area (Å²) in [6.07, 6.45) is 7.84. The van der Waals surface area contributed by atoms with Gasteiger partial charge in [-0.1, -0.05) is 0 Å². The van der Waals surface area contributed by atoms with E-state index in [-0.39, 0.29) is 6.61 Å². The van der Waals surface area contributed by atoms with Gasteiger partial charge >= 0.3 is 6.09 Å². The van der Waals surface area contributed by atoms with Gasteiger partial charge in [0.2, 0.25) is 0 Å². The molecule has 0 radical (unpaired) electrons. The minimum absolute atomic E-state index is 0.207. The van der Waals surface area contributed by atoms with E-state index in [4.69, 9.17) is 9.15 Å². The van der Waals surface area contributed by atoms with Gasteiger partial charge in [-0.15, -0.1) is 0 Å². The highest BCUT2D eigenvalue weighted by molar-refractivity contribution is 5.67. The second-order valence-electron chi connectivity index (χ2n) is 4.84. The van der Waals surface area contributed by atoms with Gasteiger partial charge in [-0.25, -0.2) is 4.79 Å². The van der Waals surface area contributed by atoms with Crippen LogP contribution in [0.15, 0.2) is 65.8 Å². The summed E-state index contributed by atoms with van der Waals surface area (Å²) in [4.78, 5) is 19.8. The first-order valence-corrected chi connectivity index (χ1v) is 7.08. The molecule has 0 spiro atoms. The second-order valence-corrected chi connectivity index (χ2v) is 4.84.